The predicted octanol–water partition coefficient (Wildman–Crippen LogP) is 12.0. The summed E-state index contributed by atoms with van der Waals surface area (Å²) in [6, 6.07) is 51.1. The van der Waals surface area contributed by atoms with Crippen LogP contribution in [0.4, 0.5) is 11.4 Å². The van der Waals surface area contributed by atoms with Crippen LogP contribution in [0.5, 0.6) is 0 Å². The van der Waals surface area contributed by atoms with Crippen LogP contribution >= 0.6 is 0 Å². The van der Waals surface area contributed by atoms with Crippen molar-refractivity contribution < 1.29 is 4.42 Å². The number of allylic oxidation sites excluding steroid dienone is 2. The van der Waals surface area contributed by atoms with Crippen molar-refractivity contribution in [2.24, 2.45) is 5.92 Å². The number of para-hydroxylation sites is 2. The summed E-state index contributed by atoms with van der Waals surface area (Å²) in [7, 11) is 0. The minimum Gasteiger partial charge on any atom is -0.454 e. The van der Waals surface area contributed by atoms with Crippen LogP contribution < -0.4 is 4.90 Å². The maximum atomic E-state index is 6.92. The van der Waals surface area contributed by atoms with Gasteiger partial charge in [0.05, 0.1) is 5.69 Å². The molecular weight excluding hydrogens is 649 g/mol. The molecule has 0 fully saturated rings. The van der Waals surface area contributed by atoms with Gasteiger partial charge in [-0.05, 0) is 58.6 Å². The molecular formula is C48H36N4O. The Morgan fingerprint density at radius 3 is 1.98 bits per heavy atom. The van der Waals surface area contributed by atoms with Crippen LogP contribution in [0.2, 0.25) is 0 Å². The van der Waals surface area contributed by atoms with E-state index in [0.717, 1.165) is 50.7 Å². The minimum absolute atomic E-state index is 0.0433. The molecule has 8 aromatic rings. The number of anilines is 2. The molecule has 53 heavy (non-hydrogen) atoms. The number of rotatable bonds is 4. The van der Waals surface area contributed by atoms with E-state index >= 15 is 0 Å². The van der Waals surface area contributed by atoms with Crippen LogP contribution in [0.3, 0.4) is 0 Å². The topological polar surface area (TPSA) is 55.1 Å². The number of nitrogens with zero attached hydrogens (tertiary/aromatic N) is 4. The fourth-order valence-corrected chi connectivity index (χ4v) is 9.59. The molecule has 0 saturated carbocycles. The van der Waals surface area contributed by atoms with E-state index in [2.05, 4.69) is 104 Å². The summed E-state index contributed by atoms with van der Waals surface area (Å²) >= 11 is 0. The molecule has 5 nitrogen and oxygen atoms in total. The number of aromatic nitrogens is 3. The maximum Gasteiger partial charge on any atom is 0.164 e. The summed E-state index contributed by atoms with van der Waals surface area (Å²) in [6.45, 7) is 4.85. The van der Waals surface area contributed by atoms with Crippen molar-refractivity contribution in [3.8, 4) is 34.2 Å². The van der Waals surface area contributed by atoms with E-state index in [1.807, 2.05) is 66.7 Å². The van der Waals surface area contributed by atoms with Crippen molar-refractivity contribution in [1.82, 2.24) is 15.0 Å². The van der Waals surface area contributed by atoms with Crippen molar-refractivity contribution in [1.29, 1.82) is 0 Å². The highest BCUT2D eigenvalue weighted by Crippen LogP contribution is 2.62. The average molecular weight is 685 g/mol. The molecule has 254 valence electrons. The highest BCUT2D eigenvalue weighted by molar-refractivity contribution is 6.15. The molecule has 0 spiro atoms. The van der Waals surface area contributed by atoms with Gasteiger partial charge in [0.1, 0.15) is 5.58 Å². The van der Waals surface area contributed by atoms with Gasteiger partial charge in [0.2, 0.25) is 0 Å². The first kappa shape index (κ1) is 30.3. The Labute approximate surface area is 308 Å². The van der Waals surface area contributed by atoms with E-state index in [1.54, 1.807) is 0 Å². The Morgan fingerprint density at radius 1 is 0.604 bits per heavy atom. The smallest absolute Gasteiger partial charge is 0.164 e. The zero-order valence-electron chi connectivity index (χ0n) is 29.6. The van der Waals surface area contributed by atoms with Crippen LogP contribution in [0.25, 0.3) is 56.1 Å². The van der Waals surface area contributed by atoms with Crippen LogP contribution in [0.1, 0.15) is 48.8 Å². The highest BCUT2D eigenvalue weighted by atomic mass is 16.3. The lowest BCUT2D eigenvalue weighted by atomic mass is 9.69. The number of hydrogen-bond acceptors (Lipinski definition) is 5. The zero-order valence-corrected chi connectivity index (χ0v) is 29.6. The zero-order chi connectivity index (χ0) is 35.3. The Hall–Kier alpha value is -6.33. The Kier molecular flexibility index (Phi) is 6.48. The standard InChI is InChI=1S/C48H36N4O/c1-48(2)37-23-11-9-19-31(37)35-27-36-32-20-10-12-24-39(32)52(41(36)28-38(35)48)40-25-13-21-33-43-34(22-14-26-42(43)53-44(33)40)47-50-45(29-15-5-3-6-16-29)49-46(51-47)30-17-7-4-8-18-30/h3-26,28,35-36,38H,27H2,1-2H3. The van der Waals surface area contributed by atoms with Gasteiger partial charge in [-0.2, -0.15) is 0 Å². The van der Waals surface area contributed by atoms with Gasteiger partial charge in [0, 0.05) is 44.8 Å². The quantitative estimate of drug-likeness (QED) is 0.185. The second kappa shape index (κ2) is 11.3. The van der Waals surface area contributed by atoms with Crippen molar-refractivity contribution in [3.63, 3.8) is 0 Å². The van der Waals surface area contributed by atoms with Crippen molar-refractivity contribution in [3.05, 3.63) is 174 Å². The van der Waals surface area contributed by atoms with E-state index in [9.17, 15) is 0 Å². The third-order valence-electron chi connectivity index (χ3n) is 12.0. The predicted molar refractivity (Wildman–Crippen MR) is 213 cm³/mol. The van der Waals surface area contributed by atoms with Gasteiger partial charge >= 0.3 is 0 Å². The van der Waals surface area contributed by atoms with Gasteiger partial charge in [-0.25, -0.2) is 15.0 Å². The molecule has 0 radical (unpaired) electrons. The van der Waals surface area contributed by atoms with Gasteiger partial charge in [0.15, 0.2) is 23.1 Å². The number of hydrogen-bond donors (Lipinski definition) is 0. The van der Waals surface area contributed by atoms with Gasteiger partial charge < -0.3 is 9.32 Å². The summed E-state index contributed by atoms with van der Waals surface area (Å²) in [5.74, 6) is 3.10. The normalized spacial score (nSPS) is 19.5. The first-order valence-corrected chi connectivity index (χ1v) is 18.6. The van der Waals surface area contributed by atoms with Gasteiger partial charge in [0.25, 0.3) is 0 Å². The van der Waals surface area contributed by atoms with Crippen LogP contribution in [-0.4, -0.2) is 15.0 Å². The molecule has 0 amide bonds. The Morgan fingerprint density at radius 2 is 1.23 bits per heavy atom. The van der Waals surface area contributed by atoms with Crippen LogP contribution in [0, 0.1) is 5.92 Å². The van der Waals surface area contributed by atoms with Crippen LogP contribution in [-0.2, 0) is 5.41 Å². The molecule has 0 bridgehead atoms. The maximum absolute atomic E-state index is 6.92. The largest absolute Gasteiger partial charge is 0.454 e. The van der Waals surface area contributed by atoms with E-state index < -0.39 is 0 Å². The highest BCUT2D eigenvalue weighted by Gasteiger charge is 2.51. The fourth-order valence-electron chi connectivity index (χ4n) is 9.59. The van der Waals surface area contributed by atoms with Crippen LogP contribution in [0.15, 0.2) is 162 Å². The van der Waals surface area contributed by atoms with Gasteiger partial charge in [-0.15, -0.1) is 0 Å². The molecule has 3 heterocycles. The van der Waals surface area contributed by atoms with E-state index in [-0.39, 0.29) is 5.41 Å². The molecule has 1 aliphatic heterocycles. The summed E-state index contributed by atoms with van der Waals surface area (Å²) in [6.07, 6.45) is 3.70. The summed E-state index contributed by atoms with van der Waals surface area (Å²) < 4.78 is 6.92. The molecule has 3 atom stereocenters. The molecule has 0 saturated heterocycles. The first-order valence-electron chi connectivity index (χ1n) is 18.6. The summed E-state index contributed by atoms with van der Waals surface area (Å²) in [4.78, 5) is 17.6. The minimum atomic E-state index is 0.0433. The van der Waals surface area contributed by atoms with E-state index in [0.29, 0.717) is 35.2 Å². The lowest BCUT2D eigenvalue weighted by Gasteiger charge is -2.37. The molecule has 3 unspecified atom stereocenters. The van der Waals surface area contributed by atoms with Crippen molar-refractivity contribution in [2.45, 2.75) is 37.5 Å². The lowest BCUT2D eigenvalue weighted by molar-refractivity contribution is 0.333. The number of benzene rings is 6. The Balaban J connectivity index is 1.10. The third-order valence-corrected chi connectivity index (χ3v) is 12.0. The molecule has 2 aliphatic carbocycles. The van der Waals surface area contributed by atoms with Crippen molar-refractivity contribution in [2.75, 3.05) is 4.90 Å². The van der Waals surface area contributed by atoms with Crippen molar-refractivity contribution >= 4 is 33.3 Å². The first-order chi connectivity index (χ1) is 26.0. The molecule has 11 rings (SSSR count). The van der Waals surface area contributed by atoms with E-state index in [1.165, 1.54) is 28.1 Å². The lowest BCUT2D eigenvalue weighted by Crippen LogP contribution is -2.30. The van der Waals surface area contributed by atoms with Gasteiger partial charge in [-0.1, -0.05) is 147 Å². The molecule has 6 aromatic carbocycles. The fraction of sp³-hybridized carbons (Fsp3) is 0.146. The monoisotopic (exact) mass is 684 g/mol. The van der Waals surface area contributed by atoms with Gasteiger partial charge in [-0.3, -0.25) is 0 Å². The molecule has 2 aromatic heterocycles. The average Bonchev–Trinajstić information content (AvgIpc) is 3.83. The molecule has 3 aliphatic rings. The molecule has 0 N–H and O–H groups in total. The summed E-state index contributed by atoms with van der Waals surface area (Å²) in [5, 5.41) is 2.04. The number of furan rings is 1. The second-order valence-corrected chi connectivity index (χ2v) is 15.2. The Bertz CT molecular complexity index is 2710. The van der Waals surface area contributed by atoms with E-state index in [4.69, 9.17) is 19.4 Å². The number of fused-ring (bicyclic) bond motifs is 9. The second-order valence-electron chi connectivity index (χ2n) is 15.2. The summed E-state index contributed by atoms with van der Waals surface area (Å²) in [5.41, 5.74) is 12.6. The SMILES string of the molecule is CC1(C)c2ccccc2C2CC3C(=CC21)N(c1cccc2c1oc1cccc(-c4nc(-c5ccccc5)nc(-c5ccccc5)n4)c12)c1ccccc13. The molecule has 5 heteroatoms. The third kappa shape index (κ3) is 4.46.